The molecule has 0 spiro atoms. The molecule has 0 amide bonds. The SMILES string of the molecule is C=C1C(=CC=C2CCC[C@]3(C)[C@@H]([C@H](C)C[C@H](O)CC(O)(C(F)(F)F)C(F)(F)F)CC[C@@H]23)C[C@H](O)C[C@H]1O. The first kappa shape index (κ1) is 30.2. The molecule has 3 rings (SSSR count). The number of aliphatic hydroxyl groups excluding tert-OH is 3. The van der Waals surface area contributed by atoms with Crippen LogP contribution in [0.5, 0.6) is 0 Å². The van der Waals surface area contributed by atoms with Crippen LogP contribution in [0.4, 0.5) is 26.3 Å². The molecule has 0 unspecified atom stereocenters. The summed E-state index contributed by atoms with van der Waals surface area (Å²) in [7, 11) is 0. The Morgan fingerprint density at radius 2 is 1.70 bits per heavy atom. The molecule has 4 nitrogen and oxygen atoms in total. The Bertz CT molecular complexity index is 894. The van der Waals surface area contributed by atoms with Crippen LogP contribution >= 0.6 is 0 Å². The van der Waals surface area contributed by atoms with Crippen LogP contribution in [-0.2, 0) is 0 Å². The van der Waals surface area contributed by atoms with E-state index in [-0.39, 0.29) is 36.0 Å². The summed E-state index contributed by atoms with van der Waals surface area (Å²) in [6, 6.07) is 0. The summed E-state index contributed by atoms with van der Waals surface area (Å²) in [6.45, 7) is 7.78. The van der Waals surface area contributed by atoms with E-state index in [0.717, 1.165) is 37.7 Å². The Kier molecular flexibility index (Phi) is 8.70. The highest BCUT2D eigenvalue weighted by Gasteiger charge is 2.70. The van der Waals surface area contributed by atoms with Crippen molar-refractivity contribution in [2.75, 3.05) is 0 Å². The zero-order chi connectivity index (χ0) is 28.0. The van der Waals surface area contributed by atoms with Crippen LogP contribution in [0.15, 0.2) is 35.5 Å². The number of alkyl halides is 6. The van der Waals surface area contributed by atoms with Crippen LogP contribution in [0.25, 0.3) is 0 Å². The van der Waals surface area contributed by atoms with E-state index in [2.05, 4.69) is 13.5 Å². The molecule has 3 fully saturated rings. The molecule has 0 heterocycles. The number of aliphatic hydroxyl groups is 4. The molecule has 0 aromatic carbocycles. The van der Waals surface area contributed by atoms with Gasteiger partial charge < -0.3 is 20.4 Å². The Balaban J connectivity index is 1.73. The second-order valence-electron chi connectivity index (χ2n) is 11.6. The van der Waals surface area contributed by atoms with Gasteiger partial charge in [0.1, 0.15) is 0 Å². The predicted molar refractivity (Wildman–Crippen MR) is 126 cm³/mol. The molecule has 7 atom stereocenters. The van der Waals surface area contributed by atoms with Crippen molar-refractivity contribution in [3.05, 3.63) is 35.5 Å². The number of hydrogen-bond acceptors (Lipinski definition) is 4. The van der Waals surface area contributed by atoms with Crippen LogP contribution in [0.3, 0.4) is 0 Å². The maximum absolute atomic E-state index is 13.1. The lowest BCUT2D eigenvalue weighted by atomic mass is 9.60. The van der Waals surface area contributed by atoms with Crippen LogP contribution in [0.1, 0.15) is 71.6 Å². The van der Waals surface area contributed by atoms with Crippen molar-refractivity contribution in [1.82, 2.24) is 0 Å². The van der Waals surface area contributed by atoms with Crippen LogP contribution in [-0.4, -0.2) is 56.7 Å². The first-order valence-electron chi connectivity index (χ1n) is 12.9. The standard InChI is InChI=1S/C27H38F6O4/c1-15(11-20(35)14-25(37,26(28,29)30)27(31,32)33)21-8-9-22-17(5-4-10-24(21,22)3)6-7-18-12-19(34)13-23(36)16(18)2/h6-7,15,19-23,34-37H,2,4-5,8-14H2,1,3H3/t15-,19+,20+,21-,22+,23-,24-/m1/s1. The molecule has 10 heteroatoms. The normalized spacial score (nSPS) is 35.6. The fraction of sp³-hybridized carbons (Fsp3) is 0.778. The van der Waals surface area contributed by atoms with E-state index in [9.17, 15) is 46.8 Å². The molecule has 37 heavy (non-hydrogen) atoms. The highest BCUT2D eigenvalue weighted by molar-refractivity contribution is 5.38. The minimum Gasteiger partial charge on any atom is -0.393 e. The molecule has 0 aliphatic heterocycles. The van der Waals surface area contributed by atoms with Gasteiger partial charge in [0.2, 0.25) is 0 Å². The first-order chi connectivity index (χ1) is 16.9. The van der Waals surface area contributed by atoms with Gasteiger partial charge in [-0.1, -0.05) is 38.2 Å². The summed E-state index contributed by atoms with van der Waals surface area (Å²) >= 11 is 0. The zero-order valence-electron chi connectivity index (χ0n) is 21.2. The van der Waals surface area contributed by atoms with Gasteiger partial charge in [-0.15, -0.1) is 0 Å². The fourth-order valence-electron chi connectivity index (χ4n) is 7.09. The van der Waals surface area contributed by atoms with E-state index in [0.29, 0.717) is 12.0 Å². The van der Waals surface area contributed by atoms with E-state index < -0.39 is 42.7 Å². The average Bonchev–Trinajstić information content (AvgIpc) is 3.11. The van der Waals surface area contributed by atoms with E-state index in [1.807, 2.05) is 12.2 Å². The van der Waals surface area contributed by atoms with Gasteiger partial charge in [0.15, 0.2) is 0 Å². The molecule has 0 radical (unpaired) electrons. The predicted octanol–water partition coefficient (Wildman–Crippen LogP) is 5.76. The second-order valence-corrected chi connectivity index (χ2v) is 11.6. The topological polar surface area (TPSA) is 80.9 Å². The minimum absolute atomic E-state index is 0.0124. The van der Waals surface area contributed by atoms with Gasteiger partial charge in [-0.05, 0) is 79.3 Å². The summed E-state index contributed by atoms with van der Waals surface area (Å²) in [4.78, 5) is 0. The first-order valence-corrected chi connectivity index (χ1v) is 12.9. The number of halogens is 6. The second kappa shape index (κ2) is 10.7. The minimum atomic E-state index is -5.95. The van der Waals surface area contributed by atoms with Crippen molar-refractivity contribution < 1.29 is 46.8 Å². The van der Waals surface area contributed by atoms with Gasteiger partial charge in [-0.3, -0.25) is 0 Å². The van der Waals surface area contributed by atoms with Crippen molar-refractivity contribution in [3.8, 4) is 0 Å². The largest absolute Gasteiger partial charge is 0.426 e. The Morgan fingerprint density at radius 1 is 1.08 bits per heavy atom. The number of allylic oxidation sites excluding steroid dienone is 3. The molecule has 0 aromatic rings. The molecule has 0 aromatic heterocycles. The van der Waals surface area contributed by atoms with E-state index in [4.69, 9.17) is 0 Å². The lowest BCUT2D eigenvalue weighted by Gasteiger charge is -2.45. The smallest absolute Gasteiger partial charge is 0.393 e. The highest BCUT2D eigenvalue weighted by Crippen LogP contribution is 2.60. The van der Waals surface area contributed by atoms with Crippen molar-refractivity contribution >= 4 is 0 Å². The average molecular weight is 541 g/mol. The van der Waals surface area contributed by atoms with Crippen LogP contribution in [0.2, 0.25) is 0 Å². The number of hydrogen-bond donors (Lipinski definition) is 4. The third-order valence-electron chi connectivity index (χ3n) is 9.10. The fourth-order valence-corrected chi connectivity index (χ4v) is 7.09. The Labute approximate surface area is 213 Å². The molecule has 3 aliphatic carbocycles. The van der Waals surface area contributed by atoms with Gasteiger partial charge in [-0.2, -0.15) is 26.3 Å². The van der Waals surface area contributed by atoms with Crippen molar-refractivity contribution in [3.63, 3.8) is 0 Å². The lowest BCUT2D eigenvalue weighted by molar-refractivity contribution is -0.374. The monoisotopic (exact) mass is 540 g/mol. The Hall–Kier alpha value is -1.36. The molecular formula is C27H38F6O4. The molecule has 3 saturated carbocycles. The van der Waals surface area contributed by atoms with Crippen molar-refractivity contribution in [1.29, 1.82) is 0 Å². The molecule has 212 valence electrons. The van der Waals surface area contributed by atoms with Gasteiger partial charge in [-0.25, -0.2) is 0 Å². The maximum atomic E-state index is 13.1. The summed E-state index contributed by atoms with van der Waals surface area (Å²) in [5, 5.41) is 39.8. The van der Waals surface area contributed by atoms with Gasteiger partial charge >= 0.3 is 12.4 Å². The van der Waals surface area contributed by atoms with E-state index >= 15 is 0 Å². The number of rotatable bonds is 6. The van der Waals surface area contributed by atoms with Crippen molar-refractivity contribution in [2.45, 2.75) is 108 Å². The summed E-state index contributed by atoms with van der Waals surface area (Å²) in [5.74, 6) is -0.185. The summed E-state index contributed by atoms with van der Waals surface area (Å²) in [5.41, 5.74) is -2.61. The van der Waals surface area contributed by atoms with Gasteiger partial charge in [0, 0.05) is 12.8 Å². The highest BCUT2D eigenvalue weighted by atomic mass is 19.4. The molecule has 3 aliphatic rings. The Morgan fingerprint density at radius 3 is 2.30 bits per heavy atom. The molecule has 0 bridgehead atoms. The van der Waals surface area contributed by atoms with E-state index in [1.54, 1.807) is 6.92 Å². The van der Waals surface area contributed by atoms with Gasteiger partial charge in [0.25, 0.3) is 5.60 Å². The van der Waals surface area contributed by atoms with E-state index in [1.165, 1.54) is 5.57 Å². The third kappa shape index (κ3) is 5.97. The quantitative estimate of drug-likeness (QED) is 0.323. The number of fused-ring (bicyclic) bond motifs is 1. The third-order valence-corrected chi connectivity index (χ3v) is 9.10. The van der Waals surface area contributed by atoms with Crippen LogP contribution in [0, 0.1) is 23.2 Å². The lowest BCUT2D eigenvalue weighted by Crippen LogP contribution is -2.58. The van der Waals surface area contributed by atoms with Crippen LogP contribution < -0.4 is 0 Å². The summed E-state index contributed by atoms with van der Waals surface area (Å²) < 4.78 is 78.4. The van der Waals surface area contributed by atoms with Gasteiger partial charge in [0.05, 0.1) is 18.3 Å². The van der Waals surface area contributed by atoms with Crippen molar-refractivity contribution in [2.24, 2.45) is 23.2 Å². The summed E-state index contributed by atoms with van der Waals surface area (Å²) in [6.07, 6.45) is -8.72. The molecule has 0 saturated heterocycles. The molecular weight excluding hydrogens is 502 g/mol. The zero-order valence-corrected chi connectivity index (χ0v) is 21.2. The maximum Gasteiger partial charge on any atom is 0.426 e. The molecule has 4 N–H and O–H groups in total.